The molecule has 0 unspecified atom stereocenters. The molecule has 6 nitrogen and oxygen atoms in total. The predicted octanol–water partition coefficient (Wildman–Crippen LogP) is 2.50. The van der Waals surface area contributed by atoms with Crippen molar-refractivity contribution >= 4 is 17.6 Å². The highest BCUT2D eigenvalue weighted by Crippen LogP contribution is 2.24. The second-order valence-corrected chi connectivity index (χ2v) is 5.90. The number of halogens is 1. The quantitative estimate of drug-likeness (QED) is 0.627. The van der Waals surface area contributed by atoms with Crippen molar-refractivity contribution in [3.05, 3.63) is 53.5 Å². The van der Waals surface area contributed by atoms with E-state index in [0.29, 0.717) is 37.3 Å². The van der Waals surface area contributed by atoms with Crippen LogP contribution in [0.5, 0.6) is 0 Å². The molecular formula is C18H18FN3O3. The second kappa shape index (κ2) is 7.38. The van der Waals surface area contributed by atoms with Crippen molar-refractivity contribution in [2.24, 2.45) is 5.92 Å². The van der Waals surface area contributed by atoms with Gasteiger partial charge in [-0.15, -0.1) is 10.2 Å². The third-order valence-electron chi connectivity index (χ3n) is 4.36. The molecule has 0 N–H and O–H groups in total. The number of aromatic nitrogens is 2. The molecule has 25 heavy (non-hydrogen) atoms. The van der Waals surface area contributed by atoms with Gasteiger partial charge in [-0.2, -0.15) is 0 Å². The Morgan fingerprint density at radius 3 is 2.32 bits per heavy atom. The molecule has 0 bridgehead atoms. The van der Waals surface area contributed by atoms with Crippen LogP contribution in [-0.2, 0) is 4.74 Å². The topological polar surface area (TPSA) is 72.4 Å². The monoisotopic (exact) mass is 343 g/mol. The molecule has 1 saturated heterocycles. The lowest BCUT2D eigenvalue weighted by Gasteiger charge is -2.31. The maximum Gasteiger partial charge on any atom is 0.358 e. The van der Waals surface area contributed by atoms with Gasteiger partial charge in [-0.1, -0.05) is 0 Å². The van der Waals surface area contributed by atoms with Crippen LogP contribution in [-0.4, -0.2) is 42.1 Å². The maximum atomic E-state index is 13.0. The molecule has 1 aromatic carbocycles. The zero-order valence-electron chi connectivity index (χ0n) is 13.8. The molecule has 3 rings (SSSR count). The fourth-order valence-corrected chi connectivity index (χ4v) is 2.93. The van der Waals surface area contributed by atoms with E-state index in [4.69, 9.17) is 0 Å². The average Bonchev–Trinajstić information content (AvgIpc) is 2.67. The van der Waals surface area contributed by atoms with E-state index >= 15 is 0 Å². The molecule has 0 atom stereocenters. The van der Waals surface area contributed by atoms with Gasteiger partial charge in [0, 0.05) is 24.6 Å². The minimum atomic E-state index is -0.525. The number of carbonyl (C=O) groups is 2. The summed E-state index contributed by atoms with van der Waals surface area (Å²) in [4.78, 5) is 25.9. The summed E-state index contributed by atoms with van der Waals surface area (Å²) in [7, 11) is 1.29. The third kappa shape index (κ3) is 3.81. The average molecular weight is 343 g/mol. The molecular weight excluding hydrogens is 325 g/mol. The molecule has 0 amide bonds. The highest BCUT2D eigenvalue weighted by molar-refractivity contribution is 5.98. The number of ketones is 1. The van der Waals surface area contributed by atoms with E-state index in [2.05, 4.69) is 14.9 Å². The summed E-state index contributed by atoms with van der Waals surface area (Å²) in [5.41, 5.74) is 0.703. The van der Waals surface area contributed by atoms with Crippen LogP contribution in [0, 0.1) is 11.7 Å². The van der Waals surface area contributed by atoms with Crippen molar-refractivity contribution in [2.45, 2.75) is 12.8 Å². The van der Waals surface area contributed by atoms with Gasteiger partial charge < -0.3 is 9.64 Å². The van der Waals surface area contributed by atoms with Crippen molar-refractivity contribution in [1.29, 1.82) is 0 Å². The van der Waals surface area contributed by atoms with Crippen molar-refractivity contribution in [2.75, 3.05) is 25.1 Å². The lowest BCUT2D eigenvalue weighted by Crippen LogP contribution is -2.37. The van der Waals surface area contributed by atoms with E-state index in [0.717, 1.165) is 0 Å². The van der Waals surface area contributed by atoms with Crippen LogP contribution in [0.2, 0.25) is 0 Å². The van der Waals surface area contributed by atoms with E-state index in [1.165, 1.54) is 31.4 Å². The number of rotatable bonds is 4. The molecule has 0 aliphatic carbocycles. The Morgan fingerprint density at radius 2 is 1.76 bits per heavy atom. The van der Waals surface area contributed by atoms with Crippen molar-refractivity contribution in [3.8, 4) is 0 Å². The van der Waals surface area contributed by atoms with E-state index in [1.54, 1.807) is 12.1 Å². The zero-order chi connectivity index (χ0) is 17.8. The van der Waals surface area contributed by atoms with Crippen LogP contribution in [0.15, 0.2) is 36.4 Å². The Morgan fingerprint density at radius 1 is 1.08 bits per heavy atom. The Bertz CT molecular complexity index is 754. The molecule has 2 aromatic rings. The SMILES string of the molecule is COC(=O)c1ccc(N2CCC(C(=O)c3ccc(F)cc3)CC2)nn1. The Hall–Kier alpha value is -2.83. The number of esters is 1. The molecule has 7 heteroatoms. The smallest absolute Gasteiger partial charge is 0.358 e. The number of methoxy groups -OCH3 is 1. The molecule has 130 valence electrons. The number of benzene rings is 1. The Labute approximate surface area is 144 Å². The van der Waals surface area contributed by atoms with Crippen LogP contribution in [0.4, 0.5) is 10.2 Å². The first-order valence-electron chi connectivity index (χ1n) is 8.05. The first-order chi connectivity index (χ1) is 12.1. The lowest BCUT2D eigenvalue weighted by molar-refractivity contribution is 0.0592. The van der Waals surface area contributed by atoms with Crippen LogP contribution in [0.3, 0.4) is 0 Å². The number of ether oxygens (including phenoxy) is 1. The van der Waals surface area contributed by atoms with E-state index in [9.17, 15) is 14.0 Å². The molecule has 1 fully saturated rings. The number of hydrogen-bond acceptors (Lipinski definition) is 6. The number of nitrogens with zero attached hydrogens (tertiary/aromatic N) is 3. The summed E-state index contributed by atoms with van der Waals surface area (Å²) in [6.45, 7) is 1.34. The summed E-state index contributed by atoms with van der Waals surface area (Å²) in [6, 6.07) is 8.97. The minimum absolute atomic E-state index is 0.0479. The molecule has 1 aromatic heterocycles. The molecule has 0 radical (unpaired) electrons. The fourth-order valence-electron chi connectivity index (χ4n) is 2.93. The summed E-state index contributed by atoms with van der Waals surface area (Å²) in [5, 5.41) is 7.92. The first kappa shape index (κ1) is 17.0. The Kier molecular flexibility index (Phi) is 5.02. The molecule has 1 aliphatic rings. The second-order valence-electron chi connectivity index (χ2n) is 5.90. The predicted molar refractivity (Wildman–Crippen MR) is 89.0 cm³/mol. The minimum Gasteiger partial charge on any atom is -0.464 e. The highest BCUT2D eigenvalue weighted by atomic mass is 19.1. The zero-order valence-corrected chi connectivity index (χ0v) is 13.8. The third-order valence-corrected chi connectivity index (χ3v) is 4.36. The van der Waals surface area contributed by atoms with Gasteiger partial charge in [0.2, 0.25) is 0 Å². The van der Waals surface area contributed by atoms with E-state index in [1.807, 2.05) is 4.90 Å². The summed E-state index contributed by atoms with van der Waals surface area (Å²) in [6.07, 6.45) is 1.38. The van der Waals surface area contributed by atoms with Crippen LogP contribution < -0.4 is 4.90 Å². The first-order valence-corrected chi connectivity index (χ1v) is 8.05. The largest absolute Gasteiger partial charge is 0.464 e. The van der Waals surface area contributed by atoms with Gasteiger partial charge in [0.15, 0.2) is 17.3 Å². The lowest BCUT2D eigenvalue weighted by atomic mass is 9.89. The van der Waals surface area contributed by atoms with Crippen LogP contribution in [0.1, 0.15) is 33.7 Å². The molecule has 1 aliphatic heterocycles. The highest BCUT2D eigenvalue weighted by Gasteiger charge is 2.26. The van der Waals surface area contributed by atoms with Gasteiger partial charge >= 0.3 is 5.97 Å². The number of hydrogen-bond donors (Lipinski definition) is 0. The number of carbonyl (C=O) groups excluding carboxylic acids is 2. The van der Waals surface area contributed by atoms with Gasteiger partial charge in [0.1, 0.15) is 5.82 Å². The standard InChI is InChI=1S/C18H18FN3O3/c1-25-18(24)15-6-7-16(21-20-15)22-10-8-13(9-11-22)17(23)12-2-4-14(19)5-3-12/h2-7,13H,8-11H2,1H3. The van der Waals surface area contributed by atoms with Gasteiger partial charge in [-0.05, 0) is 49.2 Å². The van der Waals surface area contributed by atoms with E-state index < -0.39 is 5.97 Å². The van der Waals surface area contributed by atoms with Crippen molar-refractivity contribution in [1.82, 2.24) is 10.2 Å². The molecule has 0 saturated carbocycles. The van der Waals surface area contributed by atoms with Gasteiger partial charge in [-0.25, -0.2) is 9.18 Å². The number of anilines is 1. The van der Waals surface area contributed by atoms with Crippen LogP contribution in [0.25, 0.3) is 0 Å². The van der Waals surface area contributed by atoms with Crippen LogP contribution >= 0.6 is 0 Å². The van der Waals surface area contributed by atoms with Gasteiger partial charge in [0.05, 0.1) is 7.11 Å². The number of Topliss-reactive ketones (excluding diaryl/α,β-unsaturated/α-hetero) is 1. The molecule has 2 heterocycles. The van der Waals surface area contributed by atoms with Crippen molar-refractivity contribution < 1.29 is 18.7 Å². The fraction of sp³-hybridized carbons (Fsp3) is 0.333. The van der Waals surface area contributed by atoms with Crippen molar-refractivity contribution in [3.63, 3.8) is 0 Å². The van der Waals surface area contributed by atoms with Gasteiger partial charge in [-0.3, -0.25) is 4.79 Å². The van der Waals surface area contributed by atoms with Gasteiger partial charge in [0.25, 0.3) is 0 Å². The normalized spacial score (nSPS) is 15.0. The van der Waals surface area contributed by atoms with E-state index in [-0.39, 0.29) is 23.2 Å². The summed E-state index contributed by atoms with van der Waals surface area (Å²) < 4.78 is 17.6. The summed E-state index contributed by atoms with van der Waals surface area (Å²) in [5.74, 6) is -0.237. The summed E-state index contributed by atoms with van der Waals surface area (Å²) >= 11 is 0. The maximum absolute atomic E-state index is 13.0. The number of piperidine rings is 1. The molecule has 0 spiro atoms. The Balaban J connectivity index is 1.60.